The maximum atomic E-state index is 11.2. The third kappa shape index (κ3) is 2.63. The molecule has 0 unspecified atom stereocenters. The van der Waals surface area contributed by atoms with Crippen LogP contribution in [0.25, 0.3) is 0 Å². The second-order valence-electron chi connectivity index (χ2n) is 2.95. The molecule has 3 nitrogen and oxygen atoms in total. The highest BCUT2D eigenvalue weighted by Crippen LogP contribution is 2.26. The van der Waals surface area contributed by atoms with Crippen LogP contribution in [0.15, 0.2) is 17.0 Å². The minimum absolute atomic E-state index is 0.0405. The lowest BCUT2D eigenvalue weighted by Gasteiger charge is -2.07. The molecule has 0 aliphatic rings. The Labute approximate surface area is 97.7 Å². The number of aryl methyl sites for hydroxylation is 1. The minimum atomic E-state index is -3.86. The summed E-state index contributed by atoms with van der Waals surface area (Å²) in [7, 11) is 1.38. The fourth-order valence-corrected chi connectivity index (χ4v) is 2.88. The van der Waals surface area contributed by atoms with Crippen molar-refractivity contribution in [3.63, 3.8) is 0 Å². The number of nitriles is 1. The van der Waals surface area contributed by atoms with Gasteiger partial charge in [-0.2, -0.15) is 5.26 Å². The van der Waals surface area contributed by atoms with Gasteiger partial charge in [0.1, 0.15) is 0 Å². The topological polar surface area (TPSA) is 57.9 Å². The normalized spacial score (nSPS) is 11.1. The summed E-state index contributed by atoms with van der Waals surface area (Å²) in [6.45, 7) is 1.68. The Morgan fingerprint density at radius 2 is 2.07 bits per heavy atom. The van der Waals surface area contributed by atoms with Crippen molar-refractivity contribution < 1.29 is 8.42 Å². The van der Waals surface area contributed by atoms with Gasteiger partial charge in [0, 0.05) is 16.6 Å². The Morgan fingerprint density at radius 1 is 1.47 bits per heavy atom. The SMILES string of the molecule is Cc1cc(C#N)cc(S(=O)(=O)Cl)c1CCl. The predicted molar refractivity (Wildman–Crippen MR) is 58.5 cm³/mol. The quantitative estimate of drug-likeness (QED) is 0.609. The highest BCUT2D eigenvalue weighted by Gasteiger charge is 2.18. The number of rotatable bonds is 2. The molecule has 15 heavy (non-hydrogen) atoms. The molecule has 0 bridgehead atoms. The van der Waals surface area contributed by atoms with Crippen molar-refractivity contribution in [2.75, 3.05) is 0 Å². The van der Waals surface area contributed by atoms with Crippen LogP contribution in [0, 0.1) is 18.3 Å². The second kappa shape index (κ2) is 4.40. The van der Waals surface area contributed by atoms with Gasteiger partial charge in [0.15, 0.2) is 0 Å². The maximum Gasteiger partial charge on any atom is 0.261 e. The zero-order valence-electron chi connectivity index (χ0n) is 7.79. The molecule has 0 spiro atoms. The fraction of sp³-hybridized carbons (Fsp3) is 0.222. The Balaban J connectivity index is 3.63. The number of hydrogen-bond acceptors (Lipinski definition) is 3. The van der Waals surface area contributed by atoms with E-state index in [9.17, 15) is 8.42 Å². The summed E-state index contributed by atoms with van der Waals surface area (Å²) in [5.41, 5.74) is 1.33. The third-order valence-electron chi connectivity index (χ3n) is 1.96. The second-order valence-corrected chi connectivity index (χ2v) is 5.75. The third-order valence-corrected chi connectivity index (χ3v) is 3.61. The summed E-state index contributed by atoms with van der Waals surface area (Å²) < 4.78 is 22.5. The average molecular weight is 264 g/mol. The van der Waals surface area contributed by atoms with Gasteiger partial charge in [-0.25, -0.2) is 8.42 Å². The van der Waals surface area contributed by atoms with Gasteiger partial charge in [-0.3, -0.25) is 0 Å². The van der Waals surface area contributed by atoms with Crippen molar-refractivity contribution in [3.05, 3.63) is 28.8 Å². The summed E-state index contributed by atoms with van der Waals surface area (Å²) in [5.74, 6) is 0.0405. The van der Waals surface area contributed by atoms with Gasteiger partial charge in [-0.1, -0.05) is 0 Å². The molecule has 1 aromatic carbocycles. The van der Waals surface area contributed by atoms with Gasteiger partial charge >= 0.3 is 0 Å². The molecule has 0 saturated carbocycles. The first-order valence-electron chi connectivity index (χ1n) is 3.94. The van der Waals surface area contributed by atoms with Crippen LogP contribution in [-0.2, 0) is 14.9 Å². The number of halogens is 2. The van der Waals surface area contributed by atoms with Crippen molar-refractivity contribution in [1.29, 1.82) is 5.26 Å². The molecule has 80 valence electrons. The van der Waals surface area contributed by atoms with E-state index in [1.54, 1.807) is 13.0 Å². The Kier molecular flexibility index (Phi) is 3.61. The molecular formula is C9H7Cl2NO2S. The molecule has 0 heterocycles. The van der Waals surface area contributed by atoms with Crippen LogP contribution in [0.1, 0.15) is 16.7 Å². The van der Waals surface area contributed by atoms with Gasteiger partial charge in [0.05, 0.1) is 16.5 Å². The van der Waals surface area contributed by atoms with E-state index in [0.717, 1.165) is 0 Å². The molecule has 0 aromatic heterocycles. The van der Waals surface area contributed by atoms with Gasteiger partial charge in [0.2, 0.25) is 0 Å². The smallest absolute Gasteiger partial charge is 0.207 e. The molecule has 0 aliphatic heterocycles. The maximum absolute atomic E-state index is 11.2. The Bertz CT molecular complexity index is 532. The number of alkyl halides is 1. The largest absolute Gasteiger partial charge is 0.261 e. The van der Waals surface area contributed by atoms with Crippen LogP contribution >= 0.6 is 22.3 Å². The highest BCUT2D eigenvalue weighted by molar-refractivity contribution is 8.13. The van der Waals surface area contributed by atoms with E-state index in [1.807, 2.05) is 6.07 Å². The van der Waals surface area contributed by atoms with Gasteiger partial charge in [0.25, 0.3) is 9.05 Å². The summed E-state index contributed by atoms with van der Waals surface area (Å²) >= 11 is 5.63. The summed E-state index contributed by atoms with van der Waals surface area (Å²) in [6.07, 6.45) is 0. The molecule has 0 amide bonds. The van der Waals surface area contributed by atoms with E-state index in [0.29, 0.717) is 11.1 Å². The zero-order chi connectivity index (χ0) is 11.6. The van der Waals surface area contributed by atoms with E-state index in [4.69, 9.17) is 27.5 Å². The standard InChI is InChI=1S/C9H7Cl2NO2S/c1-6-2-7(5-12)3-9(8(6)4-10)15(11,13)14/h2-3H,4H2,1H3. The first kappa shape index (κ1) is 12.3. The van der Waals surface area contributed by atoms with E-state index in [1.165, 1.54) is 6.07 Å². The lowest BCUT2D eigenvalue weighted by molar-refractivity contribution is 0.608. The molecule has 1 aromatic rings. The molecule has 0 radical (unpaired) electrons. The summed E-state index contributed by atoms with van der Waals surface area (Å²) in [4.78, 5) is -0.0873. The van der Waals surface area contributed by atoms with Crippen molar-refractivity contribution in [2.45, 2.75) is 17.7 Å². The minimum Gasteiger partial charge on any atom is -0.207 e. The molecule has 0 fully saturated rings. The van der Waals surface area contributed by atoms with Crippen molar-refractivity contribution in [3.8, 4) is 6.07 Å². The average Bonchev–Trinajstić information content (AvgIpc) is 2.15. The molecular weight excluding hydrogens is 257 g/mol. The van der Waals surface area contributed by atoms with E-state index in [-0.39, 0.29) is 16.3 Å². The molecule has 0 aliphatic carbocycles. The molecule has 0 saturated heterocycles. The first-order valence-corrected chi connectivity index (χ1v) is 6.78. The van der Waals surface area contributed by atoms with Crippen LogP contribution in [-0.4, -0.2) is 8.42 Å². The van der Waals surface area contributed by atoms with Gasteiger partial charge < -0.3 is 0 Å². The van der Waals surface area contributed by atoms with E-state index in [2.05, 4.69) is 0 Å². The van der Waals surface area contributed by atoms with Gasteiger partial charge in [-0.05, 0) is 30.2 Å². The van der Waals surface area contributed by atoms with Crippen LogP contribution in [0.3, 0.4) is 0 Å². The number of nitrogens with zero attached hydrogens (tertiary/aromatic N) is 1. The van der Waals surface area contributed by atoms with Crippen LogP contribution < -0.4 is 0 Å². The highest BCUT2D eigenvalue weighted by atomic mass is 35.7. The summed E-state index contributed by atoms with van der Waals surface area (Å²) in [6, 6.07) is 4.67. The van der Waals surface area contributed by atoms with Crippen molar-refractivity contribution in [1.82, 2.24) is 0 Å². The Hall–Kier alpha value is -0.760. The predicted octanol–water partition coefficient (Wildman–Crippen LogP) is 2.53. The van der Waals surface area contributed by atoms with E-state index >= 15 is 0 Å². The fourth-order valence-electron chi connectivity index (χ4n) is 1.24. The van der Waals surface area contributed by atoms with Crippen molar-refractivity contribution in [2.24, 2.45) is 0 Å². The molecule has 1 rings (SSSR count). The van der Waals surface area contributed by atoms with Gasteiger partial charge in [-0.15, -0.1) is 11.6 Å². The van der Waals surface area contributed by atoms with Crippen LogP contribution in [0.2, 0.25) is 0 Å². The lowest BCUT2D eigenvalue weighted by atomic mass is 10.1. The molecule has 0 atom stereocenters. The van der Waals surface area contributed by atoms with E-state index < -0.39 is 9.05 Å². The zero-order valence-corrected chi connectivity index (χ0v) is 10.1. The summed E-state index contributed by atoms with van der Waals surface area (Å²) in [5, 5.41) is 8.69. The van der Waals surface area contributed by atoms with Crippen LogP contribution in [0.5, 0.6) is 0 Å². The molecule has 0 N–H and O–H groups in total. The monoisotopic (exact) mass is 263 g/mol. The molecule has 6 heteroatoms. The number of hydrogen-bond donors (Lipinski definition) is 0. The first-order chi connectivity index (χ1) is 6.90. The Morgan fingerprint density at radius 3 is 2.47 bits per heavy atom. The van der Waals surface area contributed by atoms with Crippen molar-refractivity contribution >= 4 is 31.3 Å². The van der Waals surface area contributed by atoms with Crippen LogP contribution in [0.4, 0.5) is 0 Å². The lowest BCUT2D eigenvalue weighted by Crippen LogP contribution is -2.00. The number of benzene rings is 1.